The smallest absolute Gasteiger partial charge is 0.248 e. The van der Waals surface area contributed by atoms with Crippen LogP contribution < -0.4 is 5.73 Å². The summed E-state index contributed by atoms with van der Waals surface area (Å²) in [6.07, 6.45) is 2.80. The maximum atomic E-state index is 11.6. The van der Waals surface area contributed by atoms with Crippen LogP contribution in [-0.4, -0.2) is 55.3 Å². The quantitative estimate of drug-likeness (QED) is 0.668. The molecule has 1 fully saturated rings. The van der Waals surface area contributed by atoms with Gasteiger partial charge in [0.25, 0.3) is 0 Å². The fourth-order valence-corrected chi connectivity index (χ4v) is 1.66. The van der Waals surface area contributed by atoms with Crippen molar-refractivity contribution in [2.45, 2.75) is 25.4 Å². The van der Waals surface area contributed by atoms with Crippen LogP contribution in [0.1, 0.15) is 19.3 Å². The van der Waals surface area contributed by atoms with Crippen LogP contribution in [-0.2, 0) is 14.3 Å². The number of ether oxygens (including phenoxy) is 2. The topological polar surface area (TPSA) is 64.8 Å². The summed E-state index contributed by atoms with van der Waals surface area (Å²) in [5, 5.41) is 0. The molecule has 0 aliphatic carbocycles. The van der Waals surface area contributed by atoms with Gasteiger partial charge in [-0.15, -0.1) is 0 Å². The predicted molar refractivity (Wildman–Crippen MR) is 68.8 cm³/mol. The number of hydrogen-bond donors (Lipinski definition) is 1. The fourth-order valence-electron chi connectivity index (χ4n) is 1.57. The highest BCUT2D eigenvalue weighted by Gasteiger charge is 2.16. The second-order valence-corrected chi connectivity index (χ2v) is 4.71. The molecule has 1 rings (SSSR count). The molecular weight excluding hydrogens is 240 g/mol. The van der Waals surface area contributed by atoms with E-state index in [0.717, 1.165) is 19.4 Å². The van der Waals surface area contributed by atoms with Crippen LogP contribution in [0.25, 0.3) is 0 Å². The summed E-state index contributed by atoms with van der Waals surface area (Å²) in [5.41, 5.74) is 5.37. The first-order valence-corrected chi connectivity index (χ1v) is 6.22. The van der Waals surface area contributed by atoms with E-state index in [-0.39, 0.29) is 18.6 Å². The number of carbonyl (C=O) groups is 1. The van der Waals surface area contributed by atoms with E-state index in [1.54, 1.807) is 11.9 Å². The average molecular weight is 260 g/mol. The summed E-state index contributed by atoms with van der Waals surface area (Å²) in [7, 11) is 1.72. The highest BCUT2D eigenvalue weighted by atomic mass is 32.1. The van der Waals surface area contributed by atoms with E-state index in [0.29, 0.717) is 24.6 Å². The molecule has 2 N–H and O–H groups in total. The molecule has 0 bridgehead atoms. The van der Waals surface area contributed by atoms with Crippen molar-refractivity contribution in [2.24, 2.45) is 5.73 Å². The van der Waals surface area contributed by atoms with Crippen molar-refractivity contribution in [1.29, 1.82) is 0 Å². The fraction of sp³-hybridized carbons (Fsp3) is 0.818. The highest BCUT2D eigenvalue weighted by molar-refractivity contribution is 7.80. The summed E-state index contributed by atoms with van der Waals surface area (Å²) in [4.78, 5) is 13.6. The molecule has 0 aromatic rings. The highest BCUT2D eigenvalue weighted by Crippen LogP contribution is 2.11. The van der Waals surface area contributed by atoms with E-state index in [4.69, 9.17) is 27.4 Å². The van der Waals surface area contributed by atoms with Crippen LogP contribution in [0.2, 0.25) is 0 Å². The molecular formula is C11H20N2O3S. The normalized spacial score (nSPS) is 19.2. The molecule has 5 nitrogen and oxygen atoms in total. The number of hydrogen-bond acceptors (Lipinski definition) is 4. The van der Waals surface area contributed by atoms with Crippen molar-refractivity contribution in [3.8, 4) is 0 Å². The zero-order chi connectivity index (χ0) is 12.7. The minimum Gasteiger partial charge on any atom is -0.393 e. The van der Waals surface area contributed by atoms with Crippen LogP contribution >= 0.6 is 12.2 Å². The molecule has 0 aromatic carbocycles. The van der Waals surface area contributed by atoms with Crippen molar-refractivity contribution >= 4 is 23.1 Å². The van der Waals surface area contributed by atoms with Crippen LogP contribution in [0.15, 0.2) is 0 Å². The summed E-state index contributed by atoms with van der Waals surface area (Å²) >= 11 is 4.75. The Morgan fingerprint density at radius 2 is 2.41 bits per heavy atom. The van der Waals surface area contributed by atoms with Crippen molar-refractivity contribution in [1.82, 2.24) is 4.90 Å². The third kappa shape index (κ3) is 5.95. The van der Waals surface area contributed by atoms with Gasteiger partial charge in [-0.2, -0.15) is 0 Å². The van der Waals surface area contributed by atoms with Crippen molar-refractivity contribution in [3.63, 3.8) is 0 Å². The molecule has 1 amide bonds. The lowest BCUT2D eigenvalue weighted by atomic mass is 10.2. The third-order valence-electron chi connectivity index (χ3n) is 2.67. The minimum absolute atomic E-state index is 0.0563. The second-order valence-electron chi connectivity index (χ2n) is 4.18. The zero-order valence-electron chi connectivity index (χ0n) is 10.2. The molecule has 0 saturated carbocycles. The molecule has 1 atom stereocenters. The monoisotopic (exact) mass is 260 g/mol. The predicted octanol–water partition coefficient (Wildman–Crippen LogP) is 0.317. The molecule has 1 aliphatic rings. The lowest BCUT2D eigenvalue weighted by Crippen LogP contribution is -2.33. The molecule has 0 spiro atoms. The Labute approximate surface area is 107 Å². The summed E-state index contributed by atoms with van der Waals surface area (Å²) in [5.74, 6) is -0.0563. The Morgan fingerprint density at radius 3 is 3.00 bits per heavy atom. The summed E-state index contributed by atoms with van der Waals surface area (Å²) in [6.45, 7) is 1.93. The summed E-state index contributed by atoms with van der Waals surface area (Å²) < 4.78 is 10.7. The first-order valence-electron chi connectivity index (χ1n) is 5.81. The van der Waals surface area contributed by atoms with Crippen molar-refractivity contribution < 1.29 is 14.3 Å². The molecule has 0 radical (unpaired) electrons. The van der Waals surface area contributed by atoms with Gasteiger partial charge >= 0.3 is 0 Å². The Hall–Kier alpha value is -0.720. The van der Waals surface area contributed by atoms with E-state index >= 15 is 0 Å². The van der Waals surface area contributed by atoms with Crippen LogP contribution in [0.5, 0.6) is 0 Å². The Kier molecular flexibility index (Phi) is 6.39. The van der Waals surface area contributed by atoms with Gasteiger partial charge in [-0.25, -0.2) is 0 Å². The van der Waals surface area contributed by atoms with E-state index in [1.807, 2.05) is 0 Å². The van der Waals surface area contributed by atoms with Gasteiger partial charge in [0.15, 0.2) is 0 Å². The number of likely N-dealkylation sites (N-methyl/N-ethyl adjacent to an activating group) is 1. The summed E-state index contributed by atoms with van der Waals surface area (Å²) in [6, 6.07) is 0. The molecule has 17 heavy (non-hydrogen) atoms. The van der Waals surface area contributed by atoms with Gasteiger partial charge < -0.3 is 20.1 Å². The Balaban J connectivity index is 2.08. The lowest BCUT2D eigenvalue weighted by Gasteiger charge is -2.17. The largest absolute Gasteiger partial charge is 0.393 e. The molecule has 1 aliphatic heterocycles. The van der Waals surface area contributed by atoms with Crippen LogP contribution in [0.4, 0.5) is 0 Å². The molecule has 0 aromatic heterocycles. The van der Waals surface area contributed by atoms with E-state index < -0.39 is 0 Å². The van der Waals surface area contributed by atoms with Gasteiger partial charge in [0.1, 0.15) is 6.61 Å². The second kappa shape index (κ2) is 7.58. The maximum absolute atomic E-state index is 11.6. The SMILES string of the molecule is CN(CCC(N)=S)C(=O)COCC1CCCO1. The number of amides is 1. The lowest BCUT2D eigenvalue weighted by molar-refractivity contribution is -0.135. The molecule has 98 valence electrons. The van der Waals surface area contributed by atoms with Gasteiger partial charge in [0, 0.05) is 26.6 Å². The Bertz CT molecular complexity index is 267. The van der Waals surface area contributed by atoms with E-state index in [9.17, 15) is 4.79 Å². The molecule has 1 heterocycles. The van der Waals surface area contributed by atoms with Gasteiger partial charge in [-0.1, -0.05) is 12.2 Å². The van der Waals surface area contributed by atoms with Crippen LogP contribution in [0, 0.1) is 0 Å². The van der Waals surface area contributed by atoms with Gasteiger partial charge in [-0.05, 0) is 12.8 Å². The zero-order valence-corrected chi connectivity index (χ0v) is 11.0. The molecule has 1 saturated heterocycles. The number of rotatable bonds is 7. The van der Waals surface area contributed by atoms with Crippen molar-refractivity contribution in [2.75, 3.05) is 33.4 Å². The Morgan fingerprint density at radius 1 is 1.65 bits per heavy atom. The number of nitrogens with zero attached hydrogens (tertiary/aromatic N) is 1. The van der Waals surface area contributed by atoms with E-state index in [2.05, 4.69) is 0 Å². The van der Waals surface area contributed by atoms with Crippen molar-refractivity contribution in [3.05, 3.63) is 0 Å². The van der Waals surface area contributed by atoms with Gasteiger partial charge in [-0.3, -0.25) is 4.79 Å². The number of nitrogens with two attached hydrogens (primary N) is 1. The first kappa shape index (κ1) is 14.3. The molecule has 6 heteroatoms. The van der Waals surface area contributed by atoms with Crippen LogP contribution in [0.3, 0.4) is 0 Å². The van der Waals surface area contributed by atoms with Gasteiger partial charge in [0.05, 0.1) is 17.7 Å². The molecule has 1 unspecified atom stereocenters. The average Bonchev–Trinajstić information content (AvgIpc) is 2.78. The minimum atomic E-state index is -0.0563. The standard InChI is InChI=1S/C11H20N2O3S/c1-13(5-4-10(12)17)11(14)8-15-7-9-3-2-6-16-9/h9H,2-8H2,1H3,(H2,12,17). The first-order chi connectivity index (χ1) is 8.09. The van der Waals surface area contributed by atoms with Gasteiger partial charge in [0.2, 0.25) is 5.91 Å². The number of thiocarbonyl (C=S) groups is 1. The maximum Gasteiger partial charge on any atom is 0.248 e. The number of carbonyl (C=O) groups excluding carboxylic acids is 1. The third-order valence-corrected chi connectivity index (χ3v) is 2.88. The van der Waals surface area contributed by atoms with E-state index in [1.165, 1.54) is 0 Å².